The minimum Gasteiger partial charge on any atom is -0.489 e. The lowest BCUT2D eigenvalue weighted by Gasteiger charge is -2.35. The largest absolute Gasteiger partial charge is 0.489 e. The molecule has 0 saturated carbocycles. The topological polar surface area (TPSA) is 38.7 Å². The van der Waals surface area contributed by atoms with Gasteiger partial charge in [0.05, 0.1) is 6.61 Å². The third kappa shape index (κ3) is 2.62. The molecule has 0 aliphatic carbocycles. The summed E-state index contributed by atoms with van der Waals surface area (Å²) in [6, 6.07) is 17.5. The standard InChI is InChI=1S/C16H15O3/c17-16(11-18-12-16)14-6-8-15(9-7-14)19-10-13-4-2-1-3-5-13/h1-9,11,17H,10,12H2. The highest BCUT2D eigenvalue weighted by molar-refractivity contribution is 5.33. The fraction of sp³-hybridized carbons (Fsp3) is 0.188. The van der Waals surface area contributed by atoms with Crippen molar-refractivity contribution in [2.75, 3.05) is 6.61 Å². The molecule has 1 N–H and O–H groups in total. The van der Waals surface area contributed by atoms with Crippen molar-refractivity contribution in [1.82, 2.24) is 0 Å². The van der Waals surface area contributed by atoms with E-state index in [0.717, 1.165) is 16.9 Å². The molecule has 1 aliphatic heterocycles. The molecule has 1 radical (unpaired) electrons. The van der Waals surface area contributed by atoms with Gasteiger partial charge in [0.1, 0.15) is 24.6 Å². The average Bonchev–Trinajstić information content (AvgIpc) is 2.44. The zero-order valence-electron chi connectivity index (χ0n) is 10.5. The number of ether oxygens (including phenoxy) is 2. The fourth-order valence-electron chi connectivity index (χ4n) is 1.97. The van der Waals surface area contributed by atoms with E-state index in [1.165, 1.54) is 6.61 Å². The minimum atomic E-state index is -0.933. The van der Waals surface area contributed by atoms with Crippen LogP contribution in [0.25, 0.3) is 0 Å². The maximum absolute atomic E-state index is 10.1. The number of rotatable bonds is 4. The molecule has 3 heteroatoms. The van der Waals surface area contributed by atoms with E-state index in [2.05, 4.69) is 0 Å². The average molecular weight is 255 g/mol. The quantitative estimate of drug-likeness (QED) is 0.912. The van der Waals surface area contributed by atoms with Crippen LogP contribution in [-0.4, -0.2) is 11.7 Å². The maximum Gasteiger partial charge on any atom is 0.142 e. The van der Waals surface area contributed by atoms with E-state index in [1.807, 2.05) is 54.6 Å². The van der Waals surface area contributed by atoms with Gasteiger partial charge in [-0.2, -0.15) is 0 Å². The fourth-order valence-corrected chi connectivity index (χ4v) is 1.97. The predicted octanol–water partition coefficient (Wildman–Crippen LogP) is 2.65. The van der Waals surface area contributed by atoms with E-state index in [0.29, 0.717) is 13.2 Å². The van der Waals surface area contributed by atoms with Crippen molar-refractivity contribution >= 4 is 0 Å². The third-order valence-electron chi connectivity index (χ3n) is 3.18. The predicted molar refractivity (Wildman–Crippen MR) is 71.4 cm³/mol. The van der Waals surface area contributed by atoms with E-state index < -0.39 is 5.60 Å². The molecule has 1 saturated heterocycles. The lowest BCUT2D eigenvalue weighted by atomic mass is 9.92. The SMILES string of the molecule is OC1(c2ccc(OCc3ccccc3)cc2)[CH]OC1. The van der Waals surface area contributed by atoms with Gasteiger partial charge in [0, 0.05) is 0 Å². The van der Waals surface area contributed by atoms with Gasteiger partial charge < -0.3 is 14.6 Å². The van der Waals surface area contributed by atoms with E-state index >= 15 is 0 Å². The molecule has 0 aromatic heterocycles. The number of hydrogen-bond acceptors (Lipinski definition) is 3. The van der Waals surface area contributed by atoms with E-state index in [9.17, 15) is 5.11 Å². The van der Waals surface area contributed by atoms with E-state index in [4.69, 9.17) is 9.47 Å². The van der Waals surface area contributed by atoms with Crippen LogP contribution in [0.2, 0.25) is 0 Å². The summed E-state index contributed by atoms with van der Waals surface area (Å²) in [5.74, 6) is 0.788. The molecule has 0 bridgehead atoms. The van der Waals surface area contributed by atoms with Crippen LogP contribution in [0.3, 0.4) is 0 Å². The minimum absolute atomic E-state index is 0.317. The van der Waals surface area contributed by atoms with Crippen LogP contribution < -0.4 is 4.74 Å². The normalized spacial score (nSPS) is 16.7. The molecular weight excluding hydrogens is 240 g/mol. The van der Waals surface area contributed by atoms with Gasteiger partial charge in [0.2, 0.25) is 0 Å². The van der Waals surface area contributed by atoms with Crippen LogP contribution >= 0.6 is 0 Å². The number of aliphatic hydroxyl groups is 1. The molecule has 1 aliphatic rings. The zero-order valence-corrected chi connectivity index (χ0v) is 10.5. The second-order valence-corrected chi connectivity index (χ2v) is 4.65. The Bertz CT molecular complexity index is 530. The molecule has 97 valence electrons. The molecule has 1 fully saturated rings. The molecule has 2 aromatic rings. The zero-order chi connectivity index (χ0) is 13.1. The molecule has 3 rings (SSSR count). The van der Waals surface area contributed by atoms with Crippen molar-refractivity contribution in [2.24, 2.45) is 0 Å². The highest BCUT2D eigenvalue weighted by atomic mass is 16.5. The highest BCUT2D eigenvalue weighted by Gasteiger charge is 2.38. The first-order valence-electron chi connectivity index (χ1n) is 6.22. The molecule has 0 amide bonds. The molecule has 19 heavy (non-hydrogen) atoms. The Kier molecular flexibility index (Phi) is 3.23. The Morgan fingerprint density at radius 1 is 1.05 bits per heavy atom. The van der Waals surface area contributed by atoms with Gasteiger partial charge >= 0.3 is 0 Å². The van der Waals surface area contributed by atoms with Gasteiger partial charge in [-0.3, -0.25) is 0 Å². The molecule has 3 nitrogen and oxygen atoms in total. The lowest BCUT2D eigenvalue weighted by molar-refractivity contribution is -0.133. The number of hydrogen-bond donors (Lipinski definition) is 1. The Morgan fingerprint density at radius 3 is 2.32 bits per heavy atom. The highest BCUT2D eigenvalue weighted by Crippen LogP contribution is 2.33. The molecule has 1 unspecified atom stereocenters. The molecule has 1 heterocycles. The van der Waals surface area contributed by atoms with Gasteiger partial charge in [-0.1, -0.05) is 42.5 Å². The summed E-state index contributed by atoms with van der Waals surface area (Å²) in [5.41, 5.74) is 1.02. The first-order valence-corrected chi connectivity index (χ1v) is 6.22. The van der Waals surface area contributed by atoms with Crippen LogP contribution in [-0.2, 0) is 16.9 Å². The van der Waals surface area contributed by atoms with Crippen molar-refractivity contribution in [3.63, 3.8) is 0 Å². The Balaban J connectivity index is 1.63. The summed E-state index contributed by atoms with van der Waals surface area (Å²) >= 11 is 0. The van der Waals surface area contributed by atoms with Crippen molar-refractivity contribution in [3.8, 4) is 5.75 Å². The van der Waals surface area contributed by atoms with Crippen molar-refractivity contribution in [1.29, 1.82) is 0 Å². The van der Waals surface area contributed by atoms with E-state index in [1.54, 1.807) is 0 Å². The summed E-state index contributed by atoms with van der Waals surface area (Å²) in [6.45, 7) is 2.31. The van der Waals surface area contributed by atoms with Crippen LogP contribution in [0.5, 0.6) is 5.75 Å². The Hall–Kier alpha value is -1.84. The molecule has 1 atom stereocenters. The Morgan fingerprint density at radius 2 is 1.74 bits per heavy atom. The van der Waals surface area contributed by atoms with Crippen LogP contribution in [0.1, 0.15) is 11.1 Å². The summed E-state index contributed by atoms with van der Waals surface area (Å²) < 4.78 is 10.6. The van der Waals surface area contributed by atoms with Crippen LogP contribution in [0, 0.1) is 6.61 Å². The first kappa shape index (κ1) is 12.2. The second kappa shape index (κ2) is 5.03. The maximum atomic E-state index is 10.1. The van der Waals surface area contributed by atoms with Crippen LogP contribution in [0.4, 0.5) is 0 Å². The van der Waals surface area contributed by atoms with Gasteiger partial charge in [0.15, 0.2) is 0 Å². The van der Waals surface area contributed by atoms with E-state index in [-0.39, 0.29) is 0 Å². The lowest BCUT2D eigenvalue weighted by Crippen LogP contribution is -2.41. The number of benzene rings is 2. The van der Waals surface area contributed by atoms with Crippen molar-refractivity contribution in [3.05, 3.63) is 72.3 Å². The Labute approximate surface area is 112 Å². The van der Waals surface area contributed by atoms with Crippen LogP contribution in [0.15, 0.2) is 54.6 Å². The monoisotopic (exact) mass is 255 g/mol. The van der Waals surface area contributed by atoms with Crippen molar-refractivity contribution in [2.45, 2.75) is 12.2 Å². The van der Waals surface area contributed by atoms with Crippen molar-refractivity contribution < 1.29 is 14.6 Å². The summed E-state index contributed by atoms with van der Waals surface area (Å²) in [6.07, 6.45) is 0. The molecule has 0 spiro atoms. The summed E-state index contributed by atoms with van der Waals surface area (Å²) in [4.78, 5) is 0. The van der Waals surface area contributed by atoms with Gasteiger partial charge in [-0.25, -0.2) is 0 Å². The molecular formula is C16H15O3. The van der Waals surface area contributed by atoms with Gasteiger partial charge in [0.25, 0.3) is 0 Å². The summed E-state index contributed by atoms with van der Waals surface area (Å²) in [5, 5.41) is 10.1. The first-order chi connectivity index (χ1) is 9.26. The van der Waals surface area contributed by atoms with Gasteiger partial charge in [-0.05, 0) is 23.3 Å². The smallest absolute Gasteiger partial charge is 0.142 e. The second-order valence-electron chi connectivity index (χ2n) is 4.65. The van der Waals surface area contributed by atoms with Gasteiger partial charge in [-0.15, -0.1) is 0 Å². The molecule has 2 aromatic carbocycles. The third-order valence-corrected chi connectivity index (χ3v) is 3.18. The summed E-state index contributed by atoms with van der Waals surface area (Å²) in [7, 11) is 0.